The molecule has 0 heterocycles. The summed E-state index contributed by atoms with van der Waals surface area (Å²) >= 11 is 6.27. The molecule has 0 N–H and O–H groups in total. The molecular formula is C16H17Cl. The molecular weight excluding hydrogens is 228 g/mol. The lowest BCUT2D eigenvalue weighted by molar-refractivity contribution is 1.10. The van der Waals surface area contributed by atoms with Gasteiger partial charge in [-0.1, -0.05) is 48.9 Å². The molecule has 2 aromatic rings. The molecule has 88 valence electrons. The van der Waals surface area contributed by atoms with Gasteiger partial charge in [-0.15, -0.1) is 0 Å². The smallest absolute Gasteiger partial charge is 0.0484 e. The van der Waals surface area contributed by atoms with Gasteiger partial charge in [-0.3, -0.25) is 0 Å². The van der Waals surface area contributed by atoms with Crippen molar-refractivity contribution in [1.82, 2.24) is 0 Å². The van der Waals surface area contributed by atoms with Crippen molar-refractivity contribution >= 4 is 11.6 Å². The molecule has 0 saturated carbocycles. The lowest BCUT2D eigenvalue weighted by atomic mass is 9.94. The summed E-state index contributed by atoms with van der Waals surface area (Å²) in [7, 11) is 0. The highest BCUT2D eigenvalue weighted by molar-refractivity contribution is 6.33. The van der Waals surface area contributed by atoms with Gasteiger partial charge in [0.1, 0.15) is 0 Å². The van der Waals surface area contributed by atoms with Crippen LogP contribution in [0.5, 0.6) is 0 Å². The largest absolute Gasteiger partial charge is 0.0837 e. The van der Waals surface area contributed by atoms with E-state index in [0.29, 0.717) is 0 Å². The zero-order valence-electron chi connectivity index (χ0n) is 10.5. The molecule has 0 spiro atoms. The lowest BCUT2D eigenvalue weighted by Gasteiger charge is -2.12. The second-order valence-corrected chi connectivity index (χ2v) is 4.83. The van der Waals surface area contributed by atoms with E-state index in [9.17, 15) is 0 Å². The first-order valence-electron chi connectivity index (χ1n) is 5.98. The van der Waals surface area contributed by atoms with Crippen molar-refractivity contribution in [3.8, 4) is 11.1 Å². The van der Waals surface area contributed by atoms with E-state index in [2.05, 4.69) is 39.0 Å². The molecule has 1 heteroatoms. The van der Waals surface area contributed by atoms with Gasteiger partial charge in [-0.25, -0.2) is 0 Å². The molecule has 0 aliphatic heterocycles. The molecule has 2 aromatic carbocycles. The summed E-state index contributed by atoms with van der Waals surface area (Å²) in [6, 6.07) is 12.5. The first kappa shape index (κ1) is 12.2. The van der Waals surface area contributed by atoms with E-state index in [1.54, 1.807) is 0 Å². The molecule has 0 amide bonds. The van der Waals surface area contributed by atoms with Crippen LogP contribution < -0.4 is 0 Å². The molecule has 0 saturated heterocycles. The maximum atomic E-state index is 6.27. The molecule has 0 atom stereocenters. The minimum Gasteiger partial charge on any atom is -0.0837 e. The summed E-state index contributed by atoms with van der Waals surface area (Å²) < 4.78 is 0. The van der Waals surface area contributed by atoms with E-state index in [1.165, 1.54) is 22.3 Å². The van der Waals surface area contributed by atoms with Gasteiger partial charge in [0.25, 0.3) is 0 Å². The number of rotatable bonds is 2. The van der Waals surface area contributed by atoms with E-state index in [-0.39, 0.29) is 0 Å². The Bertz CT molecular complexity index is 541. The topological polar surface area (TPSA) is 0 Å². The molecule has 0 bridgehead atoms. The van der Waals surface area contributed by atoms with Gasteiger partial charge in [0.2, 0.25) is 0 Å². The Balaban J connectivity index is 2.64. The average molecular weight is 245 g/mol. The van der Waals surface area contributed by atoms with E-state index < -0.39 is 0 Å². The van der Waals surface area contributed by atoms with E-state index in [1.807, 2.05) is 18.2 Å². The SMILES string of the molecule is CCc1cc(-c2ccccc2Cl)c(C)cc1C. The number of halogens is 1. The normalized spacial score (nSPS) is 10.6. The monoisotopic (exact) mass is 244 g/mol. The van der Waals surface area contributed by atoms with Crippen LogP contribution in [0.15, 0.2) is 36.4 Å². The summed E-state index contributed by atoms with van der Waals surface area (Å²) in [5.41, 5.74) is 6.42. The summed E-state index contributed by atoms with van der Waals surface area (Å²) in [6.07, 6.45) is 1.06. The Kier molecular flexibility index (Phi) is 3.54. The van der Waals surface area contributed by atoms with Crippen LogP contribution in [0.3, 0.4) is 0 Å². The number of hydrogen-bond acceptors (Lipinski definition) is 0. The Hall–Kier alpha value is -1.27. The lowest BCUT2D eigenvalue weighted by Crippen LogP contribution is -1.92. The summed E-state index contributed by atoms with van der Waals surface area (Å²) in [6.45, 7) is 6.50. The first-order chi connectivity index (χ1) is 8.13. The zero-order chi connectivity index (χ0) is 12.4. The third kappa shape index (κ3) is 2.37. The second kappa shape index (κ2) is 4.93. The molecule has 0 aliphatic rings. The van der Waals surface area contributed by atoms with Crippen molar-refractivity contribution < 1.29 is 0 Å². The van der Waals surface area contributed by atoms with Crippen LogP contribution in [-0.2, 0) is 6.42 Å². The van der Waals surface area contributed by atoms with Gasteiger partial charge in [0.15, 0.2) is 0 Å². The second-order valence-electron chi connectivity index (χ2n) is 4.43. The minimum atomic E-state index is 0.821. The zero-order valence-corrected chi connectivity index (χ0v) is 11.3. The van der Waals surface area contributed by atoms with Crippen molar-refractivity contribution in [2.24, 2.45) is 0 Å². The Morgan fingerprint density at radius 1 is 0.941 bits per heavy atom. The molecule has 2 rings (SSSR count). The maximum absolute atomic E-state index is 6.27. The van der Waals surface area contributed by atoms with Gasteiger partial charge in [0.05, 0.1) is 0 Å². The van der Waals surface area contributed by atoms with Gasteiger partial charge in [-0.05, 0) is 48.6 Å². The molecule has 0 radical (unpaired) electrons. The summed E-state index contributed by atoms with van der Waals surface area (Å²) in [5, 5.41) is 0.821. The van der Waals surface area contributed by atoms with Crippen molar-refractivity contribution in [2.75, 3.05) is 0 Å². The van der Waals surface area contributed by atoms with Crippen LogP contribution in [0.25, 0.3) is 11.1 Å². The fourth-order valence-electron chi connectivity index (χ4n) is 2.25. The van der Waals surface area contributed by atoms with Gasteiger partial charge in [-0.2, -0.15) is 0 Å². The third-order valence-electron chi connectivity index (χ3n) is 3.23. The fraction of sp³-hybridized carbons (Fsp3) is 0.250. The summed E-state index contributed by atoms with van der Waals surface area (Å²) in [4.78, 5) is 0. The van der Waals surface area contributed by atoms with Crippen LogP contribution in [0.1, 0.15) is 23.6 Å². The van der Waals surface area contributed by atoms with E-state index in [0.717, 1.165) is 17.0 Å². The summed E-state index contributed by atoms with van der Waals surface area (Å²) in [5.74, 6) is 0. The highest BCUT2D eigenvalue weighted by atomic mass is 35.5. The van der Waals surface area contributed by atoms with Gasteiger partial charge >= 0.3 is 0 Å². The number of aryl methyl sites for hydroxylation is 3. The standard InChI is InChI=1S/C16H17Cl/c1-4-13-10-15(12(3)9-11(13)2)14-7-5-6-8-16(14)17/h5-10H,4H2,1-3H3. The highest BCUT2D eigenvalue weighted by Crippen LogP contribution is 2.32. The van der Waals surface area contributed by atoms with Crippen LogP contribution in [0.4, 0.5) is 0 Å². The molecule has 0 aromatic heterocycles. The van der Waals surface area contributed by atoms with Crippen LogP contribution in [-0.4, -0.2) is 0 Å². The number of benzene rings is 2. The van der Waals surface area contributed by atoms with Crippen LogP contribution >= 0.6 is 11.6 Å². The van der Waals surface area contributed by atoms with Gasteiger partial charge < -0.3 is 0 Å². The van der Waals surface area contributed by atoms with Crippen LogP contribution in [0.2, 0.25) is 5.02 Å². The fourth-order valence-corrected chi connectivity index (χ4v) is 2.49. The molecule has 0 fully saturated rings. The Labute approximate surface area is 108 Å². The minimum absolute atomic E-state index is 0.821. The highest BCUT2D eigenvalue weighted by Gasteiger charge is 2.08. The predicted molar refractivity (Wildman–Crippen MR) is 75.7 cm³/mol. The molecule has 17 heavy (non-hydrogen) atoms. The van der Waals surface area contributed by atoms with Crippen molar-refractivity contribution in [3.63, 3.8) is 0 Å². The molecule has 0 aliphatic carbocycles. The third-order valence-corrected chi connectivity index (χ3v) is 3.56. The van der Waals surface area contributed by atoms with Crippen LogP contribution in [0, 0.1) is 13.8 Å². The predicted octanol–water partition coefficient (Wildman–Crippen LogP) is 5.19. The Morgan fingerprint density at radius 2 is 1.65 bits per heavy atom. The average Bonchev–Trinajstić information content (AvgIpc) is 2.31. The Morgan fingerprint density at radius 3 is 2.29 bits per heavy atom. The van der Waals surface area contributed by atoms with Crippen molar-refractivity contribution in [1.29, 1.82) is 0 Å². The first-order valence-corrected chi connectivity index (χ1v) is 6.36. The molecule has 0 nitrogen and oxygen atoms in total. The van der Waals surface area contributed by atoms with Crippen molar-refractivity contribution in [3.05, 3.63) is 58.1 Å². The maximum Gasteiger partial charge on any atom is 0.0484 e. The van der Waals surface area contributed by atoms with E-state index >= 15 is 0 Å². The number of hydrogen-bond donors (Lipinski definition) is 0. The van der Waals surface area contributed by atoms with E-state index in [4.69, 9.17) is 11.6 Å². The van der Waals surface area contributed by atoms with Crippen molar-refractivity contribution in [2.45, 2.75) is 27.2 Å². The van der Waals surface area contributed by atoms with Gasteiger partial charge in [0, 0.05) is 10.6 Å². The molecule has 0 unspecified atom stereocenters. The quantitative estimate of drug-likeness (QED) is 0.682.